The first-order chi connectivity index (χ1) is 6.68. The summed E-state index contributed by atoms with van der Waals surface area (Å²) in [6.07, 6.45) is 3.46. The molecule has 0 amide bonds. The molecule has 0 saturated heterocycles. The van der Waals surface area contributed by atoms with Crippen molar-refractivity contribution in [3.05, 3.63) is 30.1 Å². The molecule has 0 radical (unpaired) electrons. The van der Waals surface area contributed by atoms with Crippen LogP contribution in [0.3, 0.4) is 0 Å². The van der Waals surface area contributed by atoms with Crippen LogP contribution in [0, 0.1) is 6.92 Å². The molecule has 0 unspecified atom stereocenters. The first-order valence-electron chi connectivity index (χ1n) is 4.39. The van der Waals surface area contributed by atoms with Gasteiger partial charge in [0.25, 0.3) is 0 Å². The lowest BCUT2D eigenvalue weighted by Gasteiger charge is -2.02. The quantitative estimate of drug-likeness (QED) is 0.735. The van der Waals surface area contributed by atoms with Gasteiger partial charge in [0.15, 0.2) is 0 Å². The molecule has 2 aromatic heterocycles. The van der Waals surface area contributed by atoms with Crippen LogP contribution in [0.2, 0.25) is 0 Å². The third-order valence-electron chi connectivity index (χ3n) is 2.12. The second-order valence-corrected chi connectivity index (χ2v) is 3.29. The predicted molar refractivity (Wildman–Crippen MR) is 55.6 cm³/mol. The van der Waals surface area contributed by atoms with Gasteiger partial charge in [0.2, 0.25) is 0 Å². The van der Waals surface area contributed by atoms with E-state index in [2.05, 4.69) is 10.1 Å². The van der Waals surface area contributed by atoms with E-state index in [1.165, 1.54) is 0 Å². The van der Waals surface area contributed by atoms with Gasteiger partial charge >= 0.3 is 0 Å². The van der Waals surface area contributed by atoms with Crippen LogP contribution in [-0.2, 0) is 7.05 Å². The van der Waals surface area contributed by atoms with Crippen LogP contribution in [0.4, 0.5) is 5.69 Å². The summed E-state index contributed by atoms with van der Waals surface area (Å²) in [5.41, 5.74) is 9.30. The molecule has 4 heteroatoms. The van der Waals surface area contributed by atoms with Crippen LogP contribution in [0.5, 0.6) is 0 Å². The highest BCUT2D eigenvalue weighted by molar-refractivity contribution is 5.69. The van der Waals surface area contributed by atoms with Gasteiger partial charge in [-0.25, -0.2) is 0 Å². The van der Waals surface area contributed by atoms with E-state index in [9.17, 15) is 0 Å². The Morgan fingerprint density at radius 2 is 2.07 bits per heavy atom. The average Bonchev–Trinajstić information content (AvgIpc) is 2.49. The van der Waals surface area contributed by atoms with Gasteiger partial charge in [-0.05, 0) is 18.6 Å². The molecule has 2 N–H and O–H groups in total. The predicted octanol–water partition coefficient (Wildman–Crippen LogP) is 1.37. The molecule has 14 heavy (non-hydrogen) atoms. The number of hydrogen-bond acceptors (Lipinski definition) is 3. The van der Waals surface area contributed by atoms with Crippen LogP contribution in [-0.4, -0.2) is 14.8 Å². The van der Waals surface area contributed by atoms with Crippen molar-refractivity contribution in [2.45, 2.75) is 6.92 Å². The molecular formula is C10H12N4. The van der Waals surface area contributed by atoms with Gasteiger partial charge in [-0.3, -0.25) is 9.67 Å². The maximum Gasteiger partial charge on any atom is 0.109 e. The Kier molecular flexibility index (Phi) is 1.96. The number of nitrogen functional groups attached to an aromatic ring is 1. The third kappa shape index (κ3) is 1.35. The third-order valence-corrected chi connectivity index (χ3v) is 2.12. The van der Waals surface area contributed by atoms with Crippen LogP contribution in [0.15, 0.2) is 24.5 Å². The van der Waals surface area contributed by atoms with Crippen LogP contribution in [0.25, 0.3) is 11.4 Å². The lowest BCUT2D eigenvalue weighted by Crippen LogP contribution is -1.97. The van der Waals surface area contributed by atoms with Crippen LogP contribution >= 0.6 is 0 Å². The highest BCUT2D eigenvalue weighted by Crippen LogP contribution is 2.22. The lowest BCUT2D eigenvalue weighted by molar-refractivity contribution is 0.773. The summed E-state index contributed by atoms with van der Waals surface area (Å²) in [5, 5.41) is 4.07. The van der Waals surface area contributed by atoms with Crippen molar-refractivity contribution in [3.8, 4) is 11.4 Å². The molecule has 4 nitrogen and oxygen atoms in total. The number of hydrogen-bond donors (Lipinski definition) is 1. The standard InChI is InChI=1S/C10H12N4/c1-7-3-4-9(12-5-7)10-8(11)6-13-14(10)2/h3-6H,11H2,1-2H3. The summed E-state index contributed by atoms with van der Waals surface area (Å²) in [7, 11) is 1.85. The highest BCUT2D eigenvalue weighted by atomic mass is 15.3. The van der Waals surface area contributed by atoms with E-state index in [1.807, 2.05) is 32.3 Å². The molecule has 72 valence electrons. The van der Waals surface area contributed by atoms with Crippen molar-refractivity contribution in [2.75, 3.05) is 5.73 Å². The summed E-state index contributed by atoms with van der Waals surface area (Å²) >= 11 is 0. The van der Waals surface area contributed by atoms with Gasteiger partial charge in [0, 0.05) is 13.2 Å². The lowest BCUT2D eigenvalue weighted by atomic mass is 10.2. The molecule has 2 heterocycles. The van der Waals surface area contributed by atoms with Gasteiger partial charge < -0.3 is 5.73 Å². The Morgan fingerprint density at radius 3 is 2.57 bits per heavy atom. The number of anilines is 1. The fourth-order valence-corrected chi connectivity index (χ4v) is 1.38. The first kappa shape index (κ1) is 8.74. The Morgan fingerprint density at radius 1 is 1.29 bits per heavy atom. The molecule has 0 aliphatic heterocycles. The van der Waals surface area contributed by atoms with Crippen LogP contribution in [0.1, 0.15) is 5.56 Å². The fourth-order valence-electron chi connectivity index (χ4n) is 1.38. The number of pyridine rings is 1. The summed E-state index contributed by atoms with van der Waals surface area (Å²) in [6, 6.07) is 3.96. The van der Waals surface area contributed by atoms with E-state index in [0.717, 1.165) is 17.0 Å². The van der Waals surface area contributed by atoms with Crippen LogP contribution < -0.4 is 5.73 Å². The van der Waals surface area contributed by atoms with Gasteiger partial charge in [-0.1, -0.05) is 6.07 Å². The zero-order valence-electron chi connectivity index (χ0n) is 8.23. The van der Waals surface area contributed by atoms with E-state index in [0.29, 0.717) is 5.69 Å². The second-order valence-electron chi connectivity index (χ2n) is 3.29. The minimum Gasteiger partial charge on any atom is -0.396 e. The minimum atomic E-state index is 0.656. The van der Waals surface area contributed by atoms with Gasteiger partial charge in [0.1, 0.15) is 5.69 Å². The molecule has 0 saturated carbocycles. The molecule has 0 aliphatic rings. The van der Waals surface area contributed by atoms with Crippen molar-refractivity contribution in [1.29, 1.82) is 0 Å². The van der Waals surface area contributed by atoms with E-state index in [1.54, 1.807) is 10.9 Å². The molecule has 2 aromatic rings. The summed E-state index contributed by atoms with van der Waals surface area (Å²) in [5.74, 6) is 0. The Labute approximate surface area is 82.4 Å². The first-order valence-corrected chi connectivity index (χ1v) is 4.39. The van der Waals surface area contributed by atoms with Crippen molar-refractivity contribution < 1.29 is 0 Å². The van der Waals surface area contributed by atoms with Crippen molar-refractivity contribution in [1.82, 2.24) is 14.8 Å². The van der Waals surface area contributed by atoms with Crippen molar-refractivity contribution in [3.63, 3.8) is 0 Å². The van der Waals surface area contributed by atoms with E-state index < -0.39 is 0 Å². The molecule has 0 spiro atoms. The molecule has 0 fully saturated rings. The monoisotopic (exact) mass is 188 g/mol. The smallest absolute Gasteiger partial charge is 0.109 e. The molecule has 0 atom stereocenters. The number of rotatable bonds is 1. The Hall–Kier alpha value is -1.84. The zero-order chi connectivity index (χ0) is 10.1. The summed E-state index contributed by atoms with van der Waals surface area (Å²) in [6.45, 7) is 2.00. The van der Waals surface area contributed by atoms with Gasteiger partial charge in [-0.15, -0.1) is 0 Å². The summed E-state index contributed by atoms with van der Waals surface area (Å²) in [4.78, 5) is 4.30. The highest BCUT2D eigenvalue weighted by Gasteiger charge is 2.08. The largest absolute Gasteiger partial charge is 0.396 e. The van der Waals surface area contributed by atoms with E-state index in [4.69, 9.17) is 5.73 Å². The van der Waals surface area contributed by atoms with Crippen molar-refractivity contribution >= 4 is 5.69 Å². The normalized spacial score (nSPS) is 10.4. The SMILES string of the molecule is Cc1ccc(-c2c(N)cnn2C)nc1. The van der Waals surface area contributed by atoms with E-state index >= 15 is 0 Å². The number of nitrogens with two attached hydrogens (primary N) is 1. The number of aromatic nitrogens is 3. The molecule has 0 aromatic carbocycles. The zero-order valence-corrected chi connectivity index (χ0v) is 8.23. The van der Waals surface area contributed by atoms with Gasteiger partial charge in [-0.2, -0.15) is 5.10 Å². The number of aryl methyl sites for hydroxylation is 2. The maximum atomic E-state index is 5.79. The van der Waals surface area contributed by atoms with E-state index in [-0.39, 0.29) is 0 Å². The molecular weight excluding hydrogens is 176 g/mol. The van der Waals surface area contributed by atoms with Crippen molar-refractivity contribution in [2.24, 2.45) is 7.05 Å². The molecule has 0 aliphatic carbocycles. The minimum absolute atomic E-state index is 0.656. The maximum absolute atomic E-state index is 5.79. The number of nitrogens with zero attached hydrogens (tertiary/aromatic N) is 3. The Bertz CT molecular complexity index is 422. The van der Waals surface area contributed by atoms with Gasteiger partial charge in [0.05, 0.1) is 17.6 Å². The Balaban J connectivity index is 2.54. The molecule has 2 rings (SSSR count). The second kappa shape index (κ2) is 3.14. The fraction of sp³-hybridized carbons (Fsp3) is 0.200. The average molecular weight is 188 g/mol. The topological polar surface area (TPSA) is 56.7 Å². The summed E-state index contributed by atoms with van der Waals surface area (Å²) < 4.78 is 1.73. The molecule has 0 bridgehead atoms.